The number of thioether (sulfide) groups is 1. The van der Waals surface area contributed by atoms with Gasteiger partial charge in [-0.05, 0) is 35.6 Å². The van der Waals surface area contributed by atoms with Crippen LogP contribution in [0.15, 0.2) is 107 Å². The first kappa shape index (κ1) is 43.3. The van der Waals surface area contributed by atoms with E-state index in [-0.39, 0.29) is 41.5 Å². The first-order valence-electron chi connectivity index (χ1n) is 18.1. The number of carbonyl (C=O) groups is 5. The van der Waals surface area contributed by atoms with Crippen LogP contribution in [0.4, 0.5) is 18.3 Å². The van der Waals surface area contributed by atoms with Crippen LogP contribution in [-0.2, 0) is 53.7 Å². The number of allylic oxidation sites excluding steroid dienone is 1. The summed E-state index contributed by atoms with van der Waals surface area (Å²) in [5.74, 6) is -4.53. The van der Waals surface area contributed by atoms with Crippen LogP contribution in [0.5, 0.6) is 0 Å². The number of β-lactam (4-membered cyclic amide) rings is 1. The molecule has 3 amide bonds. The highest BCUT2D eigenvalue weighted by atomic mass is 32.2. The SMILES string of the molecule is C[n+]1cc(CO)cn1CC1=C(C(=O)OC(c2ccccc2)c2ccccc2)N2C(=O)[C@@H](NC(=O)C(=NOC3C=CCC3)c3csc(NC=O)n3)[C@H]2SC1.O=C([O-])C(F)(F)F. The Kier molecular flexibility index (Phi) is 13.8. The number of fused-ring (bicyclic) bond motifs is 1. The van der Waals surface area contributed by atoms with Crippen molar-refractivity contribution in [3.63, 3.8) is 0 Å². The van der Waals surface area contributed by atoms with E-state index in [0.717, 1.165) is 28.9 Å². The summed E-state index contributed by atoms with van der Waals surface area (Å²) in [6, 6.07) is 17.7. The van der Waals surface area contributed by atoms with Crippen molar-refractivity contribution < 1.29 is 61.6 Å². The highest BCUT2D eigenvalue weighted by Crippen LogP contribution is 2.42. The van der Waals surface area contributed by atoms with E-state index in [9.17, 15) is 37.5 Å². The van der Waals surface area contributed by atoms with Gasteiger partial charge in [0.1, 0.15) is 41.4 Å². The monoisotopic (exact) mass is 867 g/mol. The third kappa shape index (κ3) is 10.1. The number of carboxylic acid groups (broad SMARTS) is 1. The van der Waals surface area contributed by atoms with Crippen LogP contribution in [0.2, 0.25) is 0 Å². The third-order valence-corrected chi connectivity index (χ3v) is 11.3. The predicted molar refractivity (Wildman–Crippen MR) is 207 cm³/mol. The van der Waals surface area contributed by atoms with E-state index in [1.165, 1.54) is 16.7 Å². The number of nitrogens with one attached hydrogen (secondary N) is 2. The number of aromatic nitrogens is 3. The van der Waals surface area contributed by atoms with Crippen molar-refractivity contribution in [2.24, 2.45) is 12.2 Å². The number of oxime groups is 1. The summed E-state index contributed by atoms with van der Waals surface area (Å²) in [7, 11) is 1.82. The lowest BCUT2D eigenvalue weighted by molar-refractivity contribution is -0.753. The van der Waals surface area contributed by atoms with E-state index in [0.29, 0.717) is 29.7 Å². The summed E-state index contributed by atoms with van der Waals surface area (Å²) >= 11 is 2.51. The number of halogens is 3. The fraction of sp³-hybridized carbons (Fsp3) is 0.282. The molecule has 0 radical (unpaired) electrons. The second kappa shape index (κ2) is 19.2. The molecule has 60 heavy (non-hydrogen) atoms. The maximum Gasteiger partial charge on any atom is 0.430 e. The minimum absolute atomic E-state index is 0.106. The van der Waals surface area contributed by atoms with Crippen LogP contribution in [0, 0.1) is 0 Å². The Morgan fingerprint density at radius 1 is 1.13 bits per heavy atom. The van der Waals surface area contributed by atoms with Gasteiger partial charge in [0.25, 0.3) is 11.8 Å². The number of carbonyl (C=O) groups excluding carboxylic acids is 5. The van der Waals surface area contributed by atoms with Crippen molar-refractivity contribution in [2.45, 2.75) is 55.8 Å². The molecule has 16 nitrogen and oxygen atoms in total. The summed E-state index contributed by atoms with van der Waals surface area (Å²) in [5, 5.41) is 29.1. The zero-order valence-electron chi connectivity index (χ0n) is 31.5. The zero-order valence-corrected chi connectivity index (χ0v) is 33.1. The third-order valence-electron chi connectivity index (χ3n) is 9.19. The van der Waals surface area contributed by atoms with E-state index in [1.807, 2.05) is 84.5 Å². The number of benzene rings is 2. The molecule has 3 aliphatic rings. The number of aliphatic carboxylic acids is 1. The van der Waals surface area contributed by atoms with E-state index in [4.69, 9.17) is 19.5 Å². The van der Waals surface area contributed by atoms with Gasteiger partial charge in [0.05, 0.1) is 18.4 Å². The number of nitrogens with zero attached hydrogens (tertiary/aromatic N) is 5. The highest BCUT2D eigenvalue weighted by molar-refractivity contribution is 8.00. The van der Waals surface area contributed by atoms with Crippen LogP contribution in [0.3, 0.4) is 0 Å². The molecule has 1 unspecified atom stereocenters. The molecule has 1 aliphatic carbocycles. The van der Waals surface area contributed by atoms with Gasteiger partial charge in [0.2, 0.25) is 12.6 Å². The van der Waals surface area contributed by atoms with Crippen molar-refractivity contribution in [2.75, 3.05) is 11.1 Å². The van der Waals surface area contributed by atoms with Gasteiger partial charge < -0.3 is 35.2 Å². The molecular formula is C39H36F3N7O9S2. The van der Waals surface area contributed by atoms with E-state index < -0.39 is 47.4 Å². The molecule has 314 valence electrons. The van der Waals surface area contributed by atoms with Gasteiger partial charge in [-0.1, -0.05) is 71.9 Å². The van der Waals surface area contributed by atoms with Crippen molar-refractivity contribution in [3.8, 4) is 0 Å². The van der Waals surface area contributed by atoms with E-state index in [1.54, 1.807) is 22.5 Å². The molecule has 2 aliphatic heterocycles. The van der Waals surface area contributed by atoms with Gasteiger partial charge in [-0.25, -0.2) is 9.78 Å². The van der Waals surface area contributed by atoms with Crippen molar-refractivity contribution in [1.29, 1.82) is 0 Å². The molecule has 3 atom stereocenters. The van der Waals surface area contributed by atoms with Crippen LogP contribution < -0.4 is 20.4 Å². The van der Waals surface area contributed by atoms with Crippen molar-refractivity contribution in [1.82, 2.24) is 19.9 Å². The second-order valence-electron chi connectivity index (χ2n) is 13.3. The molecule has 0 saturated carbocycles. The molecule has 0 spiro atoms. The van der Waals surface area contributed by atoms with Gasteiger partial charge in [-0.15, -0.1) is 27.8 Å². The lowest BCUT2D eigenvalue weighted by Crippen LogP contribution is -2.71. The molecule has 1 saturated heterocycles. The highest BCUT2D eigenvalue weighted by Gasteiger charge is 2.55. The minimum atomic E-state index is -5.19. The average molecular weight is 868 g/mol. The molecule has 3 N–H and O–H groups in total. The number of carboxylic acids is 1. The largest absolute Gasteiger partial charge is 0.542 e. The number of alkyl halides is 3. The number of thiazole rings is 1. The lowest BCUT2D eigenvalue weighted by atomic mass is 10.0. The molecule has 4 aromatic rings. The molecule has 7 rings (SSSR count). The Labute approximate surface area is 348 Å². The van der Waals surface area contributed by atoms with Crippen LogP contribution in [0.25, 0.3) is 0 Å². The number of hydrogen-bond donors (Lipinski definition) is 3. The Morgan fingerprint density at radius 3 is 2.37 bits per heavy atom. The summed E-state index contributed by atoms with van der Waals surface area (Å²) in [5.41, 5.74) is 2.97. The molecule has 2 aromatic carbocycles. The fourth-order valence-corrected chi connectivity index (χ4v) is 8.32. The second-order valence-corrected chi connectivity index (χ2v) is 15.2. The number of hydrogen-bond acceptors (Lipinski definition) is 13. The van der Waals surface area contributed by atoms with Gasteiger partial charge in [0, 0.05) is 11.1 Å². The van der Waals surface area contributed by atoms with Gasteiger partial charge >= 0.3 is 12.1 Å². The first-order valence-corrected chi connectivity index (χ1v) is 20.0. The summed E-state index contributed by atoms with van der Waals surface area (Å²) < 4.78 is 41.5. The minimum Gasteiger partial charge on any atom is -0.542 e. The smallest absolute Gasteiger partial charge is 0.430 e. The van der Waals surface area contributed by atoms with Crippen molar-refractivity contribution >= 4 is 64.1 Å². The van der Waals surface area contributed by atoms with Crippen molar-refractivity contribution in [3.05, 3.63) is 124 Å². The number of aliphatic hydroxyl groups excluding tert-OH is 1. The molecular weight excluding hydrogens is 832 g/mol. The normalized spacial score (nSPS) is 18.6. The van der Waals surface area contributed by atoms with Gasteiger partial charge in [-0.2, -0.15) is 17.9 Å². The maximum atomic E-state index is 14.4. The standard InChI is InChI=1S/C37H35N7O7S2.C2HF3O2/c1-42-16-23(19-45)17-43(42)18-26-20-52-35-30(40-33(47)29(41-51-27-14-8-9-15-27)28-21-53-37(39-28)38-22-46)34(48)44(35)31(26)36(49)50-32(24-10-4-2-5-11-24)25-12-6-3-7-13-25;3-2(4,5)1(6)7/h2-8,10-14,16-17,21-22,27,30,32,35,45H,9,15,18-20H2,1H3,(H-,38,39,40,46,47);(H,6,7)/t27?,30-,35-;/m1./s1. The van der Waals surface area contributed by atoms with Crippen LogP contribution in [-0.4, -0.2) is 85.0 Å². The average Bonchev–Trinajstić information content (AvgIpc) is 4.02. The molecule has 2 aromatic heterocycles. The quantitative estimate of drug-likeness (QED) is 0.0319. The summed E-state index contributed by atoms with van der Waals surface area (Å²) in [6.45, 7) is 0.0878. The number of anilines is 1. The summed E-state index contributed by atoms with van der Waals surface area (Å²) in [4.78, 5) is 73.4. The Balaban J connectivity index is 0.000000793. The number of aliphatic hydroxyl groups is 1. The Hall–Kier alpha value is -6.32. The molecule has 21 heteroatoms. The number of rotatable bonds is 14. The Morgan fingerprint density at radius 2 is 1.80 bits per heavy atom. The van der Waals surface area contributed by atoms with Crippen LogP contribution in [0.1, 0.15) is 41.3 Å². The zero-order chi connectivity index (χ0) is 43.0. The molecule has 1 fully saturated rings. The maximum absolute atomic E-state index is 14.4. The topological polar surface area (TPSA) is 208 Å². The van der Waals surface area contributed by atoms with Crippen LogP contribution >= 0.6 is 23.1 Å². The number of amides is 3. The number of aryl methyl sites for hydroxylation is 1. The molecule has 4 heterocycles. The molecule has 0 bridgehead atoms. The first-order chi connectivity index (χ1) is 28.8. The van der Waals surface area contributed by atoms with Gasteiger partial charge in [-0.3, -0.25) is 19.3 Å². The lowest BCUT2D eigenvalue weighted by Gasteiger charge is -2.49. The number of esters is 1. The summed E-state index contributed by atoms with van der Waals surface area (Å²) in [6.07, 6.45) is 3.12. The Bertz CT molecular complexity index is 2280. The predicted octanol–water partition coefficient (Wildman–Crippen LogP) is 2.25. The number of ether oxygens (including phenoxy) is 1. The van der Waals surface area contributed by atoms with Gasteiger partial charge in [0.15, 0.2) is 24.0 Å². The van der Waals surface area contributed by atoms with E-state index in [2.05, 4.69) is 20.8 Å². The van der Waals surface area contributed by atoms with E-state index >= 15 is 0 Å². The fourth-order valence-electron chi connectivity index (χ4n) is 6.33.